The monoisotopic (exact) mass is 398 g/mol. The smallest absolute Gasteiger partial charge is 0.255 e. The number of para-hydroxylation sites is 3. The summed E-state index contributed by atoms with van der Waals surface area (Å²) in [6, 6.07) is 14.7. The fraction of sp³-hybridized carbons (Fsp3) is 0.435. The van der Waals surface area contributed by atoms with Crippen molar-refractivity contribution in [1.82, 2.24) is 10.6 Å². The summed E-state index contributed by atoms with van der Waals surface area (Å²) in [6.45, 7) is 5.55. The Bertz CT molecular complexity index is 797. The number of piperidine rings is 1. The summed E-state index contributed by atoms with van der Waals surface area (Å²) in [4.78, 5) is 13.0. The summed E-state index contributed by atoms with van der Waals surface area (Å²) in [5.74, 6) is 1.59. The van der Waals surface area contributed by atoms with Gasteiger partial charge in [0.1, 0.15) is 5.75 Å². The van der Waals surface area contributed by atoms with Gasteiger partial charge in [0.15, 0.2) is 11.5 Å². The molecule has 0 aromatic heterocycles. The number of hydrogen-bond donors (Lipinski definition) is 2. The molecule has 0 atom stereocenters. The average molecular weight is 399 g/mol. The molecular formula is C23H30N2O4. The van der Waals surface area contributed by atoms with Crippen LogP contribution in [0.5, 0.6) is 17.2 Å². The van der Waals surface area contributed by atoms with Gasteiger partial charge in [0.25, 0.3) is 5.91 Å². The molecule has 0 unspecified atom stereocenters. The first-order valence-electron chi connectivity index (χ1n) is 10.1. The first kappa shape index (κ1) is 21.1. The van der Waals surface area contributed by atoms with Crippen LogP contribution in [0.2, 0.25) is 0 Å². The second kappa shape index (κ2) is 10.3. The lowest BCUT2D eigenvalue weighted by atomic mass is 9.79. The van der Waals surface area contributed by atoms with Crippen LogP contribution >= 0.6 is 0 Å². The van der Waals surface area contributed by atoms with Gasteiger partial charge in [-0.2, -0.15) is 0 Å². The SMILES string of the molecule is CCOc1ccccc1Oc1ccccc1C(=O)NCC1(COC)CCNCC1. The van der Waals surface area contributed by atoms with E-state index in [1.165, 1.54) is 0 Å². The van der Waals surface area contributed by atoms with Crippen LogP contribution in [0.1, 0.15) is 30.1 Å². The Hall–Kier alpha value is -2.57. The molecule has 1 saturated heterocycles. The summed E-state index contributed by atoms with van der Waals surface area (Å²) in [7, 11) is 1.71. The third-order valence-electron chi connectivity index (χ3n) is 5.24. The number of benzene rings is 2. The van der Waals surface area contributed by atoms with Crippen molar-refractivity contribution in [3.05, 3.63) is 54.1 Å². The van der Waals surface area contributed by atoms with Crippen LogP contribution in [0.4, 0.5) is 0 Å². The quantitative estimate of drug-likeness (QED) is 0.675. The standard InChI is InChI=1S/C23H30N2O4/c1-3-28-20-10-6-7-11-21(20)29-19-9-5-4-8-18(19)22(26)25-16-23(17-27-2)12-14-24-15-13-23/h4-11,24H,3,12-17H2,1-2H3,(H,25,26). The van der Waals surface area contributed by atoms with E-state index in [-0.39, 0.29) is 11.3 Å². The number of rotatable bonds is 9. The van der Waals surface area contributed by atoms with Gasteiger partial charge >= 0.3 is 0 Å². The van der Waals surface area contributed by atoms with Gasteiger partial charge in [-0.05, 0) is 57.1 Å². The Morgan fingerprint density at radius 2 is 1.69 bits per heavy atom. The van der Waals surface area contributed by atoms with Gasteiger partial charge in [-0.3, -0.25) is 4.79 Å². The maximum Gasteiger partial charge on any atom is 0.255 e. The molecule has 1 amide bonds. The number of hydrogen-bond acceptors (Lipinski definition) is 5. The molecule has 6 heteroatoms. The van der Waals surface area contributed by atoms with Crippen molar-refractivity contribution in [3.63, 3.8) is 0 Å². The average Bonchev–Trinajstić information content (AvgIpc) is 2.75. The van der Waals surface area contributed by atoms with E-state index in [4.69, 9.17) is 14.2 Å². The third-order valence-corrected chi connectivity index (χ3v) is 5.24. The Balaban J connectivity index is 1.73. The van der Waals surface area contributed by atoms with Crippen LogP contribution in [-0.2, 0) is 4.74 Å². The molecule has 156 valence electrons. The fourth-order valence-corrected chi connectivity index (χ4v) is 3.67. The molecule has 6 nitrogen and oxygen atoms in total. The van der Waals surface area contributed by atoms with Crippen molar-refractivity contribution < 1.29 is 19.0 Å². The van der Waals surface area contributed by atoms with Crippen molar-refractivity contribution in [3.8, 4) is 17.2 Å². The van der Waals surface area contributed by atoms with Crippen LogP contribution in [0.15, 0.2) is 48.5 Å². The predicted molar refractivity (Wildman–Crippen MR) is 113 cm³/mol. The number of amides is 1. The largest absolute Gasteiger partial charge is 0.490 e. The minimum Gasteiger partial charge on any atom is -0.490 e. The highest BCUT2D eigenvalue weighted by atomic mass is 16.5. The zero-order valence-corrected chi connectivity index (χ0v) is 17.2. The molecule has 0 aliphatic carbocycles. The minimum absolute atomic E-state index is 0.0347. The molecule has 0 radical (unpaired) electrons. The topological polar surface area (TPSA) is 68.8 Å². The van der Waals surface area contributed by atoms with E-state index in [1.54, 1.807) is 19.2 Å². The Morgan fingerprint density at radius 3 is 2.38 bits per heavy atom. The molecule has 1 aliphatic rings. The maximum atomic E-state index is 13.0. The lowest BCUT2D eigenvalue weighted by molar-refractivity contribution is 0.0511. The van der Waals surface area contributed by atoms with E-state index in [0.29, 0.717) is 42.6 Å². The van der Waals surface area contributed by atoms with Crippen molar-refractivity contribution in [1.29, 1.82) is 0 Å². The van der Waals surface area contributed by atoms with E-state index in [0.717, 1.165) is 25.9 Å². The van der Waals surface area contributed by atoms with E-state index in [2.05, 4.69) is 10.6 Å². The van der Waals surface area contributed by atoms with Gasteiger partial charge < -0.3 is 24.8 Å². The lowest BCUT2D eigenvalue weighted by Gasteiger charge is -2.37. The second-order valence-electron chi connectivity index (χ2n) is 7.34. The van der Waals surface area contributed by atoms with Crippen LogP contribution < -0.4 is 20.1 Å². The summed E-state index contributed by atoms with van der Waals surface area (Å²) >= 11 is 0. The Morgan fingerprint density at radius 1 is 1.03 bits per heavy atom. The number of carbonyl (C=O) groups is 1. The first-order chi connectivity index (χ1) is 14.2. The van der Waals surface area contributed by atoms with Crippen molar-refractivity contribution >= 4 is 5.91 Å². The van der Waals surface area contributed by atoms with Gasteiger partial charge in [0.05, 0.1) is 18.8 Å². The van der Waals surface area contributed by atoms with Crippen molar-refractivity contribution in [2.24, 2.45) is 5.41 Å². The molecule has 2 aromatic rings. The van der Waals surface area contributed by atoms with Gasteiger partial charge in [-0.25, -0.2) is 0 Å². The highest BCUT2D eigenvalue weighted by Crippen LogP contribution is 2.33. The van der Waals surface area contributed by atoms with Crippen molar-refractivity contribution in [2.75, 3.05) is 40.0 Å². The maximum absolute atomic E-state index is 13.0. The molecule has 1 fully saturated rings. The minimum atomic E-state index is -0.150. The van der Waals surface area contributed by atoms with Gasteiger partial charge in [0.2, 0.25) is 0 Å². The number of ether oxygens (including phenoxy) is 3. The van der Waals surface area contributed by atoms with Crippen LogP contribution in [-0.4, -0.2) is 45.9 Å². The molecule has 0 saturated carbocycles. The first-order valence-corrected chi connectivity index (χ1v) is 10.1. The Labute approximate surface area is 172 Å². The number of nitrogens with one attached hydrogen (secondary N) is 2. The van der Waals surface area contributed by atoms with Crippen LogP contribution in [0.3, 0.4) is 0 Å². The highest BCUT2D eigenvalue weighted by Gasteiger charge is 2.32. The lowest BCUT2D eigenvalue weighted by Crippen LogP contribution is -2.47. The summed E-state index contributed by atoms with van der Waals surface area (Å²) in [5, 5.41) is 6.47. The zero-order valence-electron chi connectivity index (χ0n) is 17.2. The summed E-state index contributed by atoms with van der Waals surface area (Å²) < 4.78 is 17.1. The molecule has 29 heavy (non-hydrogen) atoms. The summed E-state index contributed by atoms with van der Waals surface area (Å²) in [6.07, 6.45) is 1.95. The van der Waals surface area contributed by atoms with Crippen LogP contribution in [0, 0.1) is 5.41 Å². The molecule has 3 rings (SSSR count). The fourth-order valence-electron chi connectivity index (χ4n) is 3.67. The van der Waals surface area contributed by atoms with E-state index in [9.17, 15) is 4.79 Å². The van der Waals surface area contributed by atoms with E-state index >= 15 is 0 Å². The highest BCUT2D eigenvalue weighted by molar-refractivity contribution is 5.97. The molecule has 2 aromatic carbocycles. The van der Waals surface area contributed by atoms with Crippen molar-refractivity contribution in [2.45, 2.75) is 19.8 Å². The molecule has 1 aliphatic heterocycles. The third kappa shape index (κ3) is 5.49. The van der Waals surface area contributed by atoms with Gasteiger partial charge in [-0.1, -0.05) is 24.3 Å². The van der Waals surface area contributed by atoms with E-state index < -0.39 is 0 Å². The molecule has 1 heterocycles. The number of carbonyl (C=O) groups excluding carboxylic acids is 1. The van der Waals surface area contributed by atoms with Gasteiger partial charge in [-0.15, -0.1) is 0 Å². The molecule has 0 bridgehead atoms. The predicted octanol–water partition coefficient (Wildman–Crippen LogP) is 3.62. The molecule has 2 N–H and O–H groups in total. The second-order valence-corrected chi connectivity index (χ2v) is 7.34. The number of methoxy groups -OCH3 is 1. The van der Waals surface area contributed by atoms with E-state index in [1.807, 2.05) is 43.3 Å². The van der Waals surface area contributed by atoms with Crippen LogP contribution in [0.25, 0.3) is 0 Å². The Kier molecular flexibility index (Phi) is 7.49. The normalized spacial score (nSPS) is 15.5. The molecule has 0 spiro atoms. The molecular weight excluding hydrogens is 368 g/mol. The van der Waals surface area contributed by atoms with Gasteiger partial charge in [0, 0.05) is 19.1 Å². The summed E-state index contributed by atoms with van der Waals surface area (Å²) in [5.41, 5.74) is 0.466. The zero-order chi connectivity index (χ0) is 20.5.